The highest BCUT2D eigenvalue weighted by atomic mass is 32.2. The van der Waals surface area contributed by atoms with Crippen molar-refractivity contribution < 1.29 is 16.8 Å². The fraction of sp³-hybridized carbons (Fsp3) is 0.250. The van der Waals surface area contributed by atoms with Crippen LogP contribution in [0.3, 0.4) is 0 Å². The summed E-state index contributed by atoms with van der Waals surface area (Å²) in [4.78, 5) is 0. The molecule has 0 saturated carbocycles. The topological polar surface area (TPSA) is 83.6 Å². The molecule has 0 amide bonds. The molecule has 128 valence electrons. The van der Waals surface area contributed by atoms with E-state index in [0.717, 1.165) is 11.8 Å². The van der Waals surface area contributed by atoms with Crippen molar-refractivity contribution in [2.45, 2.75) is 12.2 Å². The van der Waals surface area contributed by atoms with E-state index in [0.29, 0.717) is 29.9 Å². The molecule has 1 N–H and O–H groups in total. The Labute approximate surface area is 142 Å². The Kier molecular flexibility index (Phi) is 4.27. The molecule has 0 bridgehead atoms. The second-order valence-electron chi connectivity index (χ2n) is 5.78. The van der Waals surface area contributed by atoms with E-state index >= 15 is 0 Å². The lowest BCUT2D eigenvalue weighted by atomic mass is 10.1. The molecule has 8 heteroatoms. The van der Waals surface area contributed by atoms with E-state index in [1.54, 1.807) is 42.5 Å². The van der Waals surface area contributed by atoms with E-state index in [1.165, 1.54) is 4.31 Å². The molecule has 0 unspecified atom stereocenters. The lowest BCUT2D eigenvalue weighted by Gasteiger charge is -2.17. The van der Waals surface area contributed by atoms with E-state index in [4.69, 9.17) is 0 Å². The molecule has 0 fully saturated rings. The molecule has 0 aromatic heterocycles. The van der Waals surface area contributed by atoms with Crippen LogP contribution >= 0.6 is 0 Å². The quantitative estimate of drug-likeness (QED) is 0.877. The van der Waals surface area contributed by atoms with Crippen molar-refractivity contribution in [3.05, 3.63) is 59.7 Å². The second-order valence-corrected chi connectivity index (χ2v) is 9.40. The van der Waals surface area contributed by atoms with Crippen LogP contribution in [0, 0.1) is 0 Å². The second kappa shape index (κ2) is 6.10. The van der Waals surface area contributed by atoms with Crippen molar-refractivity contribution in [1.29, 1.82) is 0 Å². The van der Waals surface area contributed by atoms with Gasteiger partial charge in [0.1, 0.15) is 0 Å². The predicted molar refractivity (Wildman–Crippen MR) is 95.0 cm³/mol. The number of fused-ring (bicyclic) bond motifs is 1. The first-order valence-corrected chi connectivity index (χ1v) is 10.9. The fourth-order valence-corrected chi connectivity index (χ4v) is 4.91. The lowest BCUT2D eigenvalue weighted by molar-refractivity contribution is 0.597. The van der Waals surface area contributed by atoms with Crippen molar-refractivity contribution in [1.82, 2.24) is 0 Å². The van der Waals surface area contributed by atoms with E-state index < -0.39 is 20.0 Å². The highest BCUT2D eigenvalue weighted by molar-refractivity contribution is 7.92. The standard InChI is InChI=1S/C16H18N2O4S2/c1-23(19,20)18-10-9-14-7-8-15(11-16(14)18)17-24(21,22)12-13-5-3-2-4-6-13/h2-8,11,17H,9-10,12H2,1H3. The minimum absolute atomic E-state index is 0.138. The number of nitrogens with zero attached hydrogens (tertiary/aromatic N) is 1. The summed E-state index contributed by atoms with van der Waals surface area (Å²) in [6.07, 6.45) is 1.77. The smallest absolute Gasteiger partial charge is 0.236 e. The van der Waals surface area contributed by atoms with Crippen LogP contribution in [0.1, 0.15) is 11.1 Å². The van der Waals surface area contributed by atoms with Crippen molar-refractivity contribution in [2.75, 3.05) is 21.8 Å². The van der Waals surface area contributed by atoms with Gasteiger partial charge in [0.05, 0.1) is 23.4 Å². The highest BCUT2D eigenvalue weighted by Crippen LogP contribution is 2.32. The third-order valence-corrected chi connectivity index (χ3v) is 6.25. The molecular weight excluding hydrogens is 348 g/mol. The number of rotatable bonds is 5. The van der Waals surface area contributed by atoms with Crippen LogP contribution in [-0.2, 0) is 32.2 Å². The van der Waals surface area contributed by atoms with E-state index in [9.17, 15) is 16.8 Å². The molecule has 3 rings (SSSR count). The Balaban J connectivity index is 1.84. The molecule has 1 heterocycles. The van der Waals surface area contributed by atoms with Crippen LogP contribution in [0.5, 0.6) is 0 Å². The molecular formula is C16H18N2O4S2. The number of anilines is 2. The van der Waals surface area contributed by atoms with Gasteiger partial charge in [0, 0.05) is 6.54 Å². The van der Waals surface area contributed by atoms with Crippen LogP contribution in [0.2, 0.25) is 0 Å². The van der Waals surface area contributed by atoms with Gasteiger partial charge in [0.2, 0.25) is 20.0 Å². The fourth-order valence-electron chi connectivity index (χ4n) is 2.77. The van der Waals surface area contributed by atoms with Gasteiger partial charge in [-0.3, -0.25) is 9.03 Å². The van der Waals surface area contributed by atoms with E-state index in [2.05, 4.69) is 4.72 Å². The van der Waals surface area contributed by atoms with Gasteiger partial charge in [0.25, 0.3) is 0 Å². The number of hydrogen-bond acceptors (Lipinski definition) is 4. The van der Waals surface area contributed by atoms with Gasteiger partial charge in [-0.15, -0.1) is 0 Å². The summed E-state index contributed by atoms with van der Waals surface area (Å²) in [5.74, 6) is -0.138. The molecule has 24 heavy (non-hydrogen) atoms. The minimum Gasteiger partial charge on any atom is -0.283 e. The zero-order valence-electron chi connectivity index (χ0n) is 13.1. The Morgan fingerprint density at radius 1 is 1.04 bits per heavy atom. The first-order chi connectivity index (χ1) is 11.2. The molecule has 0 radical (unpaired) electrons. The Bertz CT molecular complexity index is 955. The monoisotopic (exact) mass is 366 g/mol. The molecule has 6 nitrogen and oxygen atoms in total. The normalized spacial score (nSPS) is 14.5. The highest BCUT2D eigenvalue weighted by Gasteiger charge is 2.26. The van der Waals surface area contributed by atoms with Crippen LogP contribution in [0.4, 0.5) is 11.4 Å². The van der Waals surface area contributed by atoms with Gasteiger partial charge < -0.3 is 0 Å². The maximum Gasteiger partial charge on any atom is 0.236 e. The SMILES string of the molecule is CS(=O)(=O)N1CCc2ccc(NS(=O)(=O)Cc3ccccc3)cc21. The molecule has 1 aliphatic rings. The summed E-state index contributed by atoms with van der Waals surface area (Å²) < 4.78 is 52.1. The largest absolute Gasteiger partial charge is 0.283 e. The van der Waals surface area contributed by atoms with Gasteiger partial charge in [-0.1, -0.05) is 36.4 Å². The van der Waals surface area contributed by atoms with Crippen molar-refractivity contribution in [2.24, 2.45) is 0 Å². The maximum atomic E-state index is 12.3. The predicted octanol–water partition coefficient (Wildman–Crippen LogP) is 1.95. The Morgan fingerprint density at radius 3 is 2.42 bits per heavy atom. The molecule has 0 saturated heterocycles. The average molecular weight is 366 g/mol. The van der Waals surface area contributed by atoms with E-state index in [-0.39, 0.29) is 5.75 Å². The zero-order chi connectivity index (χ0) is 17.4. The number of nitrogens with one attached hydrogen (secondary N) is 1. The molecule has 0 aliphatic carbocycles. The summed E-state index contributed by atoms with van der Waals surface area (Å²) in [6.45, 7) is 0.383. The van der Waals surface area contributed by atoms with Crippen LogP contribution in [0.15, 0.2) is 48.5 Å². The van der Waals surface area contributed by atoms with Gasteiger partial charge in [-0.25, -0.2) is 16.8 Å². The molecule has 2 aromatic rings. The number of hydrogen-bond donors (Lipinski definition) is 1. The van der Waals surface area contributed by atoms with Crippen LogP contribution < -0.4 is 9.03 Å². The molecule has 2 aromatic carbocycles. The number of benzene rings is 2. The summed E-state index contributed by atoms with van der Waals surface area (Å²) in [5.41, 5.74) is 2.48. The Morgan fingerprint density at radius 2 is 1.75 bits per heavy atom. The molecule has 1 aliphatic heterocycles. The van der Waals surface area contributed by atoms with Crippen LogP contribution in [-0.4, -0.2) is 29.6 Å². The third kappa shape index (κ3) is 3.70. The van der Waals surface area contributed by atoms with Gasteiger partial charge >= 0.3 is 0 Å². The lowest BCUT2D eigenvalue weighted by Crippen LogP contribution is -2.27. The summed E-state index contributed by atoms with van der Waals surface area (Å²) in [5, 5.41) is 0. The Hall–Kier alpha value is -2.06. The summed E-state index contributed by atoms with van der Waals surface area (Å²) >= 11 is 0. The van der Waals surface area contributed by atoms with Gasteiger partial charge in [-0.05, 0) is 29.7 Å². The molecule has 0 atom stereocenters. The third-order valence-electron chi connectivity index (χ3n) is 3.81. The number of sulfonamides is 2. The molecule has 0 spiro atoms. The average Bonchev–Trinajstić information content (AvgIpc) is 2.90. The van der Waals surface area contributed by atoms with E-state index in [1.807, 2.05) is 6.07 Å². The minimum atomic E-state index is -3.58. The van der Waals surface area contributed by atoms with Crippen molar-refractivity contribution in [3.63, 3.8) is 0 Å². The first kappa shape index (κ1) is 16.8. The summed E-state index contributed by atoms with van der Waals surface area (Å²) in [6, 6.07) is 13.9. The maximum absolute atomic E-state index is 12.3. The van der Waals surface area contributed by atoms with Crippen molar-refractivity contribution >= 4 is 31.4 Å². The van der Waals surface area contributed by atoms with Crippen LogP contribution in [0.25, 0.3) is 0 Å². The first-order valence-electron chi connectivity index (χ1n) is 7.40. The van der Waals surface area contributed by atoms with Crippen molar-refractivity contribution in [3.8, 4) is 0 Å². The zero-order valence-corrected chi connectivity index (χ0v) is 14.8. The summed E-state index contributed by atoms with van der Waals surface area (Å²) in [7, 11) is -6.94. The van der Waals surface area contributed by atoms with Gasteiger partial charge in [0.15, 0.2) is 0 Å². The van der Waals surface area contributed by atoms with Gasteiger partial charge in [-0.2, -0.15) is 0 Å².